The van der Waals surface area contributed by atoms with Crippen LogP contribution in [0.15, 0.2) is 65.6 Å². The Kier molecular flexibility index (Phi) is 9.04. The maximum Gasteiger partial charge on any atom is 0.416 e. The van der Waals surface area contributed by atoms with E-state index in [-0.39, 0.29) is 53.6 Å². The highest BCUT2D eigenvalue weighted by Gasteiger charge is 2.39. The Labute approximate surface area is 266 Å². The van der Waals surface area contributed by atoms with Crippen LogP contribution in [0, 0.1) is 11.7 Å². The van der Waals surface area contributed by atoms with E-state index in [2.05, 4.69) is 4.74 Å². The number of anilines is 1. The Balaban J connectivity index is 1.28. The molecule has 3 aromatic carbocycles. The zero-order valence-corrected chi connectivity index (χ0v) is 25.6. The van der Waals surface area contributed by atoms with Crippen molar-refractivity contribution in [3.05, 3.63) is 72.0 Å². The number of carbonyl (C=O) groups excluding carboxylic acids is 1. The van der Waals surface area contributed by atoms with Gasteiger partial charge in [0, 0.05) is 25.1 Å². The molecule has 3 aromatic rings. The maximum atomic E-state index is 14.3. The van der Waals surface area contributed by atoms with Gasteiger partial charge in [-0.05, 0) is 79.3 Å². The zero-order valence-electron chi connectivity index (χ0n) is 24.8. The number of hydrogen-bond donors (Lipinski definition) is 0. The van der Waals surface area contributed by atoms with E-state index < -0.39 is 50.9 Å². The van der Waals surface area contributed by atoms with Crippen LogP contribution < -0.4 is 13.8 Å². The highest BCUT2D eigenvalue weighted by atomic mass is 32.2. The molecule has 0 bridgehead atoms. The first-order valence-corrected chi connectivity index (χ1v) is 16.4. The number of nitrogens with zero attached hydrogens (tertiary/aromatic N) is 2. The average Bonchev–Trinajstić information content (AvgIpc) is 3.88. The second kappa shape index (κ2) is 12.9. The molecule has 252 valence electrons. The molecule has 2 heterocycles. The Hall–Kier alpha value is -3.98. The first kappa shape index (κ1) is 32.9. The van der Waals surface area contributed by atoms with Gasteiger partial charge < -0.3 is 19.1 Å². The molecular formula is C32H30F6N2O6S. The van der Waals surface area contributed by atoms with E-state index in [1.54, 1.807) is 0 Å². The van der Waals surface area contributed by atoms with Crippen molar-refractivity contribution in [3.8, 4) is 22.6 Å². The third kappa shape index (κ3) is 7.45. The van der Waals surface area contributed by atoms with Crippen molar-refractivity contribution in [2.75, 3.05) is 30.5 Å². The van der Waals surface area contributed by atoms with Crippen molar-refractivity contribution in [1.82, 2.24) is 4.90 Å². The lowest BCUT2D eigenvalue weighted by Crippen LogP contribution is -2.47. The molecule has 1 aliphatic carbocycles. The normalized spacial score (nSPS) is 19.0. The van der Waals surface area contributed by atoms with E-state index in [1.165, 1.54) is 18.2 Å². The van der Waals surface area contributed by atoms with Gasteiger partial charge in [-0.2, -0.15) is 22.0 Å². The molecule has 0 spiro atoms. The van der Waals surface area contributed by atoms with E-state index in [4.69, 9.17) is 9.47 Å². The fourth-order valence-electron chi connectivity index (χ4n) is 5.74. The summed E-state index contributed by atoms with van der Waals surface area (Å²) in [4.78, 5) is 13.6. The van der Waals surface area contributed by atoms with Gasteiger partial charge in [-0.1, -0.05) is 12.1 Å². The summed E-state index contributed by atoms with van der Waals surface area (Å²) < 4.78 is 126. The number of ether oxygens (including phenoxy) is 3. The molecule has 47 heavy (non-hydrogen) atoms. The molecule has 0 unspecified atom stereocenters. The van der Waals surface area contributed by atoms with Crippen LogP contribution in [0.2, 0.25) is 0 Å². The first-order chi connectivity index (χ1) is 22.3. The molecule has 1 saturated heterocycles. The van der Waals surface area contributed by atoms with Crippen LogP contribution in [0.5, 0.6) is 11.5 Å². The standard InChI is InChI=1S/C32H30F6N2O6S/c33-23-12-21(13-25(16-23)46-31(34)35)20-6-7-29-28(14-20)40(47(42,43)27-3-1-2-22(15-27)32(36,37)38)17-26(45-29)18-44-24-8-10-39(11-9-24)30(41)19-4-5-19/h1-3,6-7,12-16,19,24,26,31H,4-5,8-11,17-18H2/t26-/m1/s1. The number of rotatable bonds is 9. The minimum Gasteiger partial charge on any atom is -0.484 e. The summed E-state index contributed by atoms with van der Waals surface area (Å²) in [5.41, 5.74) is -0.920. The third-order valence-electron chi connectivity index (χ3n) is 8.27. The van der Waals surface area contributed by atoms with E-state index >= 15 is 0 Å². The smallest absolute Gasteiger partial charge is 0.416 e. The van der Waals surface area contributed by atoms with Gasteiger partial charge >= 0.3 is 12.8 Å². The van der Waals surface area contributed by atoms with E-state index in [0.29, 0.717) is 32.0 Å². The summed E-state index contributed by atoms with van der Waals surface area (Å²) in [5.74, 6) is -1.02. The van der Waals surface area contributed by atoms with Crippen molar-refractivity contribution >= 4 is 21.6 Å². The largest absolute Gasteiger partial charge is 0.484 e. The molecule has 0 radical (unpaired) electrons. The highest BCUT2D eigenvalue weighted by Crippen LogP contribution is 2.41. The van der Waals surface area contributed by atoms with Crippen LogP contribution in [0.25, 0.3) is 11.1 Å². The monoisotopic (exact) mass is 684 g/mol. The van der Waals surface area contributed by atoms with Crippen LogP contribution >= 0.6 is 0 Å². The second-order valence-electron chi connectivity index (χ2n) is 11.7. The van der Waals surface area contributed by atoms with Gasteiger partial charge in [0.2, 0.25) is 5.91 Å². The average molecular weight is 685 g/mol. The quantitative estimate of drug-likeness (QED) is 0.240. The van der Waals surface area contributed by atoms with Crippen molar-refractivity contribution < 1.29 is 53.8 Å². The first-order valence-electron chi connectivity index (χ1n) is 14.9. The SMILES string of the molecule is O=C(C1CC1)N1CCC(OC[C@H]2CN(S(=O)(=O)c3cccc(C(F)(F)F)c3)c3cc(-c4cc(F)cc(OC(F)F)c4)ccc3O2)CC1. The van der Waals surface area contributed by atoms with Crippen molar-refractivity contribution in [1.29, 1.82) is 0 Å². The van der Waals surface area contributed by atoms with Gasteiger partial charge in [-0.3, -0.25) is 9.10 Å². The van der Waals surface area contributed by atoms with Crippen LogP contribution in [-0.2, 0) is 25.7 Å². The van der Waals surface area contributed by atoms with Gasteiger partial charge in [0.25, 0.3) is 10.0 Å². The fraction of sp³-hybridized carbons (Fsp3) is 0.406. The van der Waals surface area contributed by atoms with Gasteiger partial charge in [0.05, 0.1) is 35.4 Å². The number of amides is 1. The summed E-state index contributed by atoms with van der Waals surface area (Å²) >= 11 is 0. The predicted molar refractivity (Wildman–Crippen MR) is 157 cm³/mol. The summed E-state index contributed by atoms with van der Waals surface area (Å²) in [6.07, 6.45) is -2.88. The second-order valence-corrected chi connectivity index (χ2v) is 13.5. The predicted octanol–water partition coefficient (Wildman–Crippen LogP) is 6.49. The molecule has 15 heteroatoms. The Morgan fingerprint density at radius 1 is 0.957 bits per heavy atom. The molecule has 2 aliphatic heterocycles. The molecule has 1 saturated carbocycles. The lowest BCUT2D eigenvalue weighted by atomic mass is 10.0. The summed E-state index contributed by atoms with van der Waals surface area (Å²) in [7, 11) is -4.63. The Bertz CT molecular complexity index is 1740. The molecular weight excluding hydrogens is 654 g/mol. The topological polar surface area (TPSA) is 85.4 Å². The molecule has 0 aromatic heterocycles. The lowest BCUT2D eigenvalue weighted by Gasteiger charge is -2.37. The number of piperidine rings is 1. The Morgan fingerprint density at radius 3 is 2.38 bits per heavy atom. The molecule has 3 aliphatic rings. The van der Waals surface area contributed by atoms with Gasteiger partial charge in [0.1, 0.15) is 23.4 Å². The van der Waals surface area contributed by atoms with Crippen LogP contribution in [0.1, 0.15) is 31.2 Å². The number of sulfonamides is 1. The molecule has 2 fully saturated rings. The molecule has 6 rings (SSSR count). The van der Waals surface area contributed by atoms with Crippen molar-refractivity contribution in [3.63, 3.8) is 0 Å². The summed E-state index contributed by atoms with van der Waals surface area (Å²) in [6.45, 7) is -2.52. The third-order valence-corrected chi connectivity index (χ3v) is 10.0. The maximum absolute atomic E-state index is 14.3. The van der Waals surface area contributed by atoms with E-state index in [1.807, 2.05) is 4.90 Å². The lowest BCUT2D eigenvalue weighted by molar-refractivity contribution is -0.138. The number of likely N-dealkylation sites (tertiary alicyclic amines) is 1. The summed E-state index contributed by atoms with van der Waals surface area (Å²) in [6, 6.07) is 10.5. The minimum atomic E-state index is -4.80. The van der Waals surface area contributed by atoms with Crippen LogP contribution in [0.4, 0.5) is 32.0 Å². The number of halogens is 6. The molecule has 0 N–H and O–H groups in total. The summed E-state index contributed by atoms with van der Waals surface area (Å²) in [5, 5.41) is 0. The molecule has 8 nitrogen and oxygen atoms in total. The van der Waals surface area contributed by atoms with Crippen molar-refractivity contribution in [2.45, 2.75) is 55.6 Å². The van der Waals surface area contributed by atoms with E-state index in [9.17, 15) is 39.6 Å². The minimum absolute atomic E-state index is 0.0464. The number of carbonyl (C=O) groups is 1. The molecule has 1 atom stereocenters. The molecule has 1 amide bonds. The van der Waals surface area contributed by atoms with Gasteiger partial charge in [0.15, 0.2) is 0 Å². The van der Waals surface area contributed by atoms with Gasteiger partial charge in [-0.15, -0.1) is 0 Å². The highest BCUT2D eigenvalue weighted by molar-refractivity contribution is 7.92. The number of hydrogen-bond acceptors (Lipinski definition) is 6. The Morgan fingerprint density at radius 2 is 1.70 bits per heavy atom. The van der Waals surface area contributed by atoms with Gasteiger partial charge in [-0.25, -0.2) is 12.8 Å². The number of alkyl halides is 5. The zero-order chi connectivity index (χ0) is 33.5. The number of fused-ring (bicyclic) bond motifs is 1. The fourth-order valence-corrected chi connectivity index (χ4v) is 7.29. The van der Waals surface area contributed by atoms with Crippen LogP contribution in [0.3, 0.4) is 0 Å². The van der Waals surface area contributed by atoms with Crippen LogP contribution in [-0.4, -0.2) is 64.3 Å². The van der Waals surface area contributed by atoms with Crippen molar-refractivity contribution in [2.24, 2.45) is 5.92 Å². The van der Waals surface area contributed by atoms with E-state index in [0.717, 1.165) is 53.5 Å². The number of benzene rings is 3.